The Hall–Kier alpha value is -4.21. The van der Waals surface area contributed by atoms with Gasteiger partial charge in [0.25, 0.3) is 0 Å². The van der Waals surface area contributed by atoms with E-state index in [9.17, 15) is 0 Å². The molecule has 0 saturated carbocycles. The van der Waals surface area contributed by atoms with Gasteiger partial charge in [0.05, 0.1) is 11.2 Å². The van der Waals surface area contributed by atoms with Gasteiger partial charge in [0.2, 0.25) is 0 Å². The molecule has 7 aromatic carbocycles. The second kappa shape index (κ2) is 19.3. The number of hydrogen-bond donors (Lipinski definition) is 0. The fourth-order valence-corrected chi connectivity index (χ4v) is 11.8. The SMILES string of the molecule is CC1(C)OB(c2ccc3ccc4cccc5ccc2c3c45)OC1(C)C.CCCCCCC1(CCCCCC)c2cc(B3OCC(C)(C)CO3)ccc2-c2ccc3cc(B4OCC(C)(C)CO4)ccc3c21. The molecular formula is C61H75B3O6. The van der Waals surface area contributed by atoms with Gasteiger partial charge in [-0.2, -0.15) is 0 Å². The van der Waals surface area contributed by atoms with E-state index in [4.69, 9.17) is 27.9 Å². The Morgan fingerprint density at radius 2 is 0.929 bits per heavy atom. The van der Waals surface area contributed by atoms with E-state index < -0.39 is 0 Å². The molecule has 0 amide bonds. The maximum Gasteiger partial charge on any atom is 0.495 e. The molecule has 6 nitrogen and oxygen atoms in total. The van der Waals surface area contributed by atoms with Crippen LogP contribution in [0.1, 0.15) is 145 Å². The summed E-state index contributed by atoms with van der Waals surface area (Å²) in [6.07, 6.45) is 12.5. The average Bonchev–Trinajstić information content (AvgIpc) is 3.74. The molecule has 0 aromatic heterocycles. The van der Waals surface area contributed by atoms with E-state index in [1.165, 1.54) is 130 Å². The third-order valence-corrected chi connectivity index (χ3v) is 16.4. The molecule has 364 valence electrons. The summed E-state index contributed by atoms with van der Waals surface area (Å²) >= 11 is 0. The van der Waals surface area contributed by atoms with Crippen LogP contribution in [-0.4, -0.2) is 59.0 Å². The molecule has 0 radical (unpaired) electrons. The van der Waals surface area contributed by atoms with Crippen molar-refractivity contribution in [3.63, 3.8) is 0 Å². The highest BCUT2D eigenvalue weighted by molar-refractivity contribution is 6.66. The predicted molar refractivity (Wildman–Crippen MR) is 296 cm³/mol. The Bertz CT molecular complexity index is 2930. The van der Waals surface area contributed by atoms with Crippen LogP contribution in [0, 0.1) is 10.8 Å². The summed E-state index contributed by atoms with van der Waals surface area (Å²) in [4.78, 5) is 0. The molecule has 0 spiro atoms. The molecule has 3 heterocycles. The predicted octanol–water partition coefficient (Wildman–Crippen LogP) is 13.5. The molecule has 0 N–H and O–H groups in total. The Morgan fingerprint density at radius 1 is 0.443 bits per heavy atom. The molecule has 9 heteroatoms. The smallest absolute Gasteiger partial charge is 0.407 e. The Labute approximate surface area is 419 Å². The summed E-state index contributed by atoms with van der Waals surface area (Å²) < 4.78 is 37.7. The van der Waals surface area contributed by atoms with Gasteiger partial charge in [0.15, 0.2) is 0 Å². The lowest BCUT2D eigenvalue weighted by Crippen LogP contribution is -2.47. The second-order valence-corrected chi connectivity index (χ2v) is 23.8. The Kier molecular flexibility index (Phi) is 13.6. The van der Waals surface area contributed by atoms with Gasteiger partial charge in [-0.05, 0) is 122 Å². The highest BCUT2D eigenvalue weighted by atomic mass is 16.7. The van der Waals surface area contributed by atoms with Crippen LogP contribution in [-0.2, 0) is 33.3 Å². The van der Waals surface area contributed by atoms with E-state index in [1.807, 2.05) is 0 Å². The first-order valence-electron chi connectivity index (χ1n) is 26.7. The molecule has 1 aliphatic carbocycles. The van der Waals surface area contributed by atoms with Gasteiger partial charge < -0.3 is 27.9 Å². The summed E-state index contributed by atoms with van der Waals surface area (Å²) in [5.41, 5.74) is 8.61. The maximum absolute atomic E-state index is 6.32. The number of rotatable bonds is 13. The lowest BCUT2D eigenvalue weighted by atomic mass is 9.67. The third-order valence-electron chi connectivity index (χ3n) is 16.4. The Morgan fingerprint density at radius 3 is 1.51 bits per heavy atom. The minimum atomic E-state index is -0.338. The van der Waals surface area contributed by atoms with E-state index in [1.54, 1.807) is 0 Å². The van der Waals surface area contributed by atoms with E-state index >= 15 is 0 Å². The van der Waals surface area contributed by atoms with Gasteiger partial charge in [0.1, 0.15) is 0 Å². The molecule has 11 rings (SSSR count). The first-order chi connectivity index (χ1) is 33.5. The fourth-order valence-electron chi connectivity index (χ4n) is 11.8. The molecule has 7 aromatic rings. The summed E-state index contributed by atoms with van der Waals surface area (Å²) in [6.45, 7) is 24.7. The molecule has 3 aliphatic heterocycles. The quantitative estimate of drug-likeness (QED) is 0.0652. The number of fused-ring (bicyclic) bond motifs is 5. The highest BCUT2D eigenvalue weighted by Gasteiger charge is 2.52. The van der Waals surface area contributed by atoms with Gasteiger partial charge in [0, 0.05) is 42.7 Å². The van der Waals surface area contributed by atoms with Gasteiger partial charge >= 0.3 is 21.4 Å². The van der Waals surface area contributed by atoms with Crippen LogP contribution in [0.15, 0.2) is 103 Å². The lowest BCUT2D eigenvalue weighted by Gasteiger charge is -2.35. The van der Waals surface area contributed by atoms with Gasteiger partial charge in [-0.3, -0.25) is 0 Å². The Balaban J connectivity index is 0.000000190. The summed E-state index contributed by atoms with van der Waals surface area (Å²) in [6, 6.07) is 38.4. The standard InChI is InChI=1S/C39H54B2O4.C22H21BO2/c1-7-9-11-13-21-39(22-14-12-10-8-2)35-24-31(41-44-27-38(5,6)28-45-41)17-20-33(35)34-18-15-29-23-30(16-19-32(29)36(34)39)40-42-25-37(3,4)26-43-40;1-21(2)22(3,4)25-23(24-21)18-13-11-16-9-8-14-6-5-7-15-10-12-17(18)20(16)19(14)15/h15-20,23-24H,7-14,21-22,25-28H2,1-6H3;5-13H,1-4H3. The molecular weight excluding hydrogens is 861 g/mol. The van der Waals surface area contributed by atoms with Gasteiger partial charge in [-0.1, -0.05) is 196 Å². The highest BCUT2D eigenvalue weighted by Crippen LogP contribution is 2.56. The van der Waals surface area contributed by atoms with Crippen LogP contribution in [0.3, 0.4) is 0 Å². The van der Waals surface area contributed by atoms with Crippen LogP contribution in [0.25, 0.3) is 54.2 Å². The molecule has 0 bridgehead atoms. The summed E-state index contributed by atoms with van der Waals surface area (Å²) in [5, 5.41) is 10.3. The zero-order valence-corrected chi connectivity index (χ0v) is 43.9. The van der Waals surface area contributed by atoms with Crippen molar-refractivity contribution < 1.29 is 27.9 Å². The summed E-state index contributed by atoms with van der Waals surface area (Å²) in [5.74, 6) is 0. The van der Waals surface area contributed by atoms with Crippen LogP contribution in [0.5, 0.6) is 0 Å². The van der Waals surface area contributed by atoms with Crippen molar-refractivity contribution in [2.45, 2.75) is 150 Å². The average molecular weight is 937 g/mol. The summed E-state index contributed by atoms with van der Waals surface area (Å²) in [7, 11) is -0.942. The zero-order chi connectivity index (χ0) is 49.1. The van der Waals surface area contributed by atoms with Crippen molar-refractivity contribution in [2.24, 2.45) is 10.8 Å². The van der Waals surface area contributed by atoms with E-state index in [-0.39, 0.29) is 48.8 Å². The molecule has 4 aliphatic rings. The van der Waals surface area contributed by atoms with E-state index in [0.717, 1.165) is 16.4 Å². The third kappa shape index (κ3) is 9.26. The fraction of sp³-hybridized carbons (Fsp3) is 0.475. The molecule has 0 atom stereocenters. The minimum absolute atomic E-state index is 0.0288. The van der Waals surface area contributed by atoms with Gasteiger partial charge in [-0.25, -0.2) is 0 Å². The van der Waals surface area contributed by atoms with Crippen molar-refractivity contribution in [3.05, 3.63) is 114 Å². The lowest BCUT2D eigenvalue weighted by molar-refractivity contribution is 0.00578. The molecule has 70 heavy (non-hydrogen) atoms. The van der Waals surface area contributed by atoms with Crippen molar-refractivity contribution in [1.82, 2.24) is 0 Å². The van der Waals surface area contributed by atoms with Gasteiger partial charge in [-0.15, -0.1) is 0 Å². The topological polar surface area (TPSA) is 55.4 Å². The van der Waals surface area contributed by atoms with Crippen molar-refractivity contribution in [1.29, 1.82) is 0 Å². The van der Waals surface area contributed by atoms with Crippen LogP contribution in [0.2, 0.25) is 0 Å². The normalized spacial score (nSPS) is 19.8. The minimum Gasteiger partial charge on any atom is -0.407 e. The van der Waals surface area contributed by atoms with Crippen molar-refractivity contribution >= 4 is 80.8 Å². The molecule has 3 fully saturated rings. The van der Waals surface area contributed by atoms with E-state index in [2.05, 4.69) is 172 Å². The van der Waals surface area contributed by atoms with E-state index in [0.29, 0.717) is 26.4 Å². The van der Waals surface area contributed by atoms with Crippen LogP contribution >= 0.6 is 0 Å². The molecule has 0 unspecified atom stereocenters. The first kappa shape index (κ1) is 49.4. The van der Waals surface area contributed by atoms with Crippen molar-refractivity contribution in [3.8, 4) is 11.1 Å². The zero-order valence-electron chi connectivity index (χ0n) is 43.9. The second-order valence-electron chi connectivity index (χ2n) is 23.8. The number of benzene rings is 7. The van der Waals surface area contributed by atoms with Crippen LogP contribution in [0.4, 0.5) is 0 Å². The van der Waals surface area contributed by atoms with Crippen LogP contribution < -0.4 is 16.4 Å². The maximum atomic E-state index is 6.32. The number of hydrogen-bond acceptors (Lipinski definition) is 6. The van der Waals surface area contributed by atoms with Crippen molar-refractivity contribution in [2.75, 3.05) is 26.4 Å². The largest absolute Gasteiger partial charge is 0.495 e. The monoisotopic (exact) mass is 937 g/mol. The molecule has 3 saturated heterocycles. The number of unbranched alkanes of at least 4 members (excludes halogenated alkanes) is 6. The first-order valence-corrected chi connectivity index (χ1v) is 26.7.